The Morgan fingerprint density at radius 1 is 1.06 bits per heavy atom. The third-order valence-corrected chi connectivity index (χ3v) is 5.96. The quantitative estimate of drug-likeness (QED) is 0.298. The van der Waals surface area contributed by atoms with Gasteiger partial charge in [-0.15, -0.1) is 5.10 Å². The fraction of sp³-hybridized carbons (Fsp3) is 0.231. The third-order valence-electron chi connectivity index (χ3n) is 5.96. The Balaban J connectivity index is 1.50. The molecular weight excluding hydrogens is 458 g/mol. The molecular formula is C26H25N7O3. The van der Waals surface area contributed by atoms with Crippen molar-refractivity contribution in [3.05, 3.63) is 71.7 Å². The van der Waals surface area contributed by atoms with Crippen LogP contribution < -0.4 is 4.74 Å². The van der Waals surface area contributed by atoms with Crippen LogP contribution >= 0.6 is 0 Å². The number of aromatic amines is 1. The lowest BCUT2D eigenvalue weighted by atomic mass is 10.0. The van der Waals surface area contributed by atoms with Gasteiger partial charge in [-0.05, 0) is 47.0 Å². The van der Waals surface area contributed by atoms with Crippen molar-refractivity contribution < 1.29 is 14.6 Å². The van der Waals surface area contributed by atoms with E-state index in [9.17, 15) is 9.90 Å². The zero-order chi connectivity index (χ0) is 25.1. The SMILES string of the molecule is CCCc1nc(CC)c(OC(=O)O)n1Cc1ccc2nc(-c3ccccc3-c3nnn[nH]3)ccc2c1. The first kappa shape index (κ1) is 23.2. The van der Waals surface area contributed by atoms with Gasteiger partial charge in [0.1, 0.15) is 11.5 Å². The topological polar surface area (TPSA) is 132 Å². The van der Waals surface area contributed by atoms with Crippen molar-refractivity contribution in [3.63, 3.8) is 0 Å². The van der Waals surface area contributed by atoms with E-state index in [1.165, 1.54) is 0 Å². The molecule has 0 aliphatic rings. The van der Waals surface area contributed by atoms with Crippen LogP contribution in [0.5, 0.6) is 5.88 Å². The minimum Gasteiger partial charge on any atom is -0.449 e. The fourth-order valence-corrected chi connectivity index (χ4v) is 4.33. The highest BCUT2D eigenvalue weighted by Gasteiger charge is 2.20. The van der Waals surface area contributed by atoms with Crippen LogP contribution in [0.2, 0.25) is 0 Å². The minimum atomic E-state index is -1.34. The Hall–Kier alpha value is -4.60. The van der Waals surface area contributed by atoms with Gasteiger partial charge in [0.15, 0.2) is 5.82 Å². The van der Waals surface area contributed by atoms with Crippen molar-refractivity contribution in [2.24, 2.45) is 0 Å². The number of rotatable bonds is 8. The molecule has 3 aromatic heterocycles. The van der Waals surface area contributed by atoms with Gasteiger partial charge in [-0.3, -0.25) is 4.57 Å². The summed E-state index contributed by atoms with van der Waals surface area (Å²) in [7, 11) is 0. The van der Waals surface area contributed by atoms with Gasteiger partial charge in [0.05, 0.1) is 17.8 Å². The van der Waals surface area contributed by atoms with E-state index in [0.717, 1.165) is 52.0 Å². The number of tetrazole rings is 1. The van der Waals surface area contributed by atoms with Crippen LogP contribution in [0, 0.1) is 0 Å². The summed E-state index contributed by atoms with van der Waals surface area (Å²) in [5.74, 6) is 1.69. The maximum Gasteiger partial charge on any atom is 0.512 e. The largest absolute Gasteiger partial charge is 0.512 e. The number of pyridine rings is 1. The molecule has 2 aromatic carbocycles. The van der Waals surface area contributed by atoms with E-state index in [1.807, 2.05) is 60.0 Å². The molecule has 2 N–H and O–H groups in total. The summed E-state index contributed by atoms with van der Waals surface area (Å²) < 4.78 is 7.01. The van der Waals surface area contributed by atoms with Crippen molar-refractivity contribution in [1.29, 1.82) is 0 Å². The monoisotopic (exact) mass is 483 g/mol. The van der Waals surface area contributed by atoms with Crippen LogP contribution in [0.1, 0.15) is 37.4 Å². The summed E-state index contributed by atoms with van der Waals surface area (Å²) in [5.41, 5.74) is 5.09. The van der Waals surface area contributed by atoms with Crippen LogP contribution in [0.15, 0.2) is 54.6 Å². The molecule has 0 atom stereocenters. The average Bonchev–Trinajstić information content (AvgIpc) is 3.53. The normalized spacial score (nSPS) is 11.2. The van der Waals surface area contributed by atoms with Crippen molar-refractivity contribution in [3.8, 4) is 28.5 Å². The van der Waals surface area contributed by atoms with E-state index in [0.29, 0.717) is 30.4 Å². The highest BCUT2D eigenvalue weighted by molar-refractivity contribution is 5.85. The molecule has 0 spiro atoms. The first-order valence-corrected chi connectivity index (χ1v) is 11.8. The zero-order valence-electron chi connectivity index (χ0n) is 20.0. The number of nitrogens with zero attached hydrogens (tertiary/aromatic N) is 6. The predicted octanol–water partition coefficient (Wildman–Crippen LogP) is 4.90. The molecule has 0 saturated carbocycles. The Kier molecular flexibility index (Phi) is 6.40. The number of hydrogen-bond acceptors (Lipinski definition) is 7. The number of H-pyrrole nitrogens is 1. The molecule has 0 radical (unpaired) electrons. The van der Waals surface area contributed by atoms with Crippen molar-refractivity contribution >= 4 is 17.1 Å². The number of ether oxygens (including phenoxy) is 1. The summed E-state index contributed by atoms with van der Waals surface area (Å²) in [6.07, 6.45) is 0.866. The minimum absolute atomic E-state index is 0.292. The van der Waals surface area contributed by atoms with E-state index >= 15 is 0 Å². The maximum absolute atomic E-state index is 11.3. The standard InChI is InChI=1S/C26H25N7O3/c1-3-7-23-28-20(4-2)25(36-26(34)35)33(23)15-16-10-12-21-17(14-16)11-13-22(27-21)18-8-5-6-9-19(18)24-29-31-32-30-24/h5-6,8-14H,3-4,7,15H2,1-2H3,(H,34,35)(H,29,30,31,32). The van der Waals surface area contributed by atoms with Gasteiger partial charge in [-0.25, -0.2) is 19.9 Å². The number of imidazole rings is 1. The van der Waals surface area contributed by atoms with E-state index in [2.05, 4.69) is 38.6 Å². The Labute approximate surface area is 207 Å². The summed E-state index contributed by atoms with van der Waals surface area (Å²) in [4.78, 5) is 20.9. The summed E-state index contributed by atoms with van der Waals surface area (Å²) >= 11 is 0. The lowest BCUT2D eigenvalue weighted by Gasteiger charge is -2.12. The maximum atomic E-state index is 11.3. The van der Waals surface area contributed by atoms with Gasteiger partial charge in [0.2, 0.25) is 5.88 Å². The highest BCUT2D eigenvalue weighted by Crippen LogP contribution is 2.30. The molecule has 0 amide bonds. The number of hydrogen-bond donors (Lipinski definition) is 2. The zero-order valence-corrected chi connectivity index (χ0v) is 20.0. The Bertz CT molecular complexity index is 1530. The van der Waals surface area contributed by atoms with Gasteiger partial charge in [-0.2, -0.15) is 0 Å². The smallest absolute Gasteiger partial charge is 0.449 e. The molecule has 0 bridgehead atoms. The number of carbonyl (C=O) groups is 1. The summed E-state index contributed by atoms with van der Waals surface area (Å²) in [6.45, 7) is 4.45. The molecule has 0 aliphatic heterocycles. The number of carboxylic acid groups (broad SMARTS) is 1. The van der Waals surface area contributed by atoms with Gasteiger partial charge in [0, 0.05) is 22.9 Å². The van der Waals surface area contributed by atoms with Gasteiger partial charge >= 0.3 is 6.16 Å². The molecule has 0 aliphatic carbocycles. The van der Waals surface area contributed by atoms with Gasteiger partial charge in [-0.1, -0.05) is 50.2 Å². The van der Waals surface area contributed by atoms with Crippen LogP contribution in [-0.2, 0) is 19.4 Å². The van der Waals surface area contributed by atoms with E-state index in [4.69, 9.17) is 9.72 Å². The van der Waals surface area contributed by atoms with Crippen molar-refractivity contribution in [2.45, 2.75) is 39.7 Å². The van der Waals surface area contributed by atoms with E-state index in [-0.39, 0.29) is 0 Å². The highest BCUT2D eigenvalue weighted by atomic mass is 16.7. The van der Waals surface area contributed by atoms with Crippen molar-refractivity contribution in [2.75, 3.05) is 0 Å². The molecule has 5 aromatic rings. The summed E-state index contributed by atoms with van der Waals surface area (Å²) in [5, 5.41) is 24.5. The number of aromatic nitrogens is 7. The summed E-state index contributed by atoms with van der Waals surface area (Å²) in [6, 6.07) is 17.9. The second-order valence-corrected chi connectivity index (χ2v) is 8.36. The molecule has 0 saturated heterocycles. The molecule has 10 heteroatoms. The Morgan fingerprint density at radius 2 is 1.89 bits per heavy atom. The van der Waals surface area contributed by atoms with Gasteiger partial charge in [0.25, 0.3) is 0 Å². The molecule has 10 nitrogen and oxygen atoms in total. The second-order valence-electron chi connectivity index (χ2n) is 8.36. The number of benzene rings is 2. The first-order valence-electron chi connectivity index (χ1n) is 11.8. The lowest BCUT2D eigenvalue weighted by molar-refractivity contribution is 0.140. The average molecular weight is 484 g/mol. The molecule has 0 fully saturated rings. The van der Waals surface area contributed by atoms with Crippen LogP contribution in [0.4, 0.5) is 4.79 Å². The second kappa shape index (κ2) is 9.95. The van der Waals surface area contributed by atoms with E-state index < -0.39 is 6.16 Å². The number of aryl methyl sites for hydroxylation is 2. The first-order chi connectivity index (χ1) is 17.6. The molecule has 5 rings (SSSR count). The van der Waals surface area contributed by atoms with Crippen LogP contribution in [0.3, 0.4) is 0 Å². The lowest BCUT2D eigenvalue weighted by Crippen LogP contribution is -2.12. The third kappa shape index (κ3) is 4.52. The van der Waals surface area contributed by atoms with Crippen molar-refractivity contribution in [1.82, 2.24) is 35.2 Å². The van der Waals surface area contributed by atoms with Crippen LogP contribution in [-0.4, -0.2) is 46.4 Å². The van der Waals surface area contributed by atoms with Gasteiger partial charge < -0.3 is 9.84 Å². The van der Waals surface area contributed by atoms with E-state index in [1.54, 1.807) is 0 Å². The Morgan fingerprint density at radius 3 is 2.61 bits per heavy atom. The molecule has 182 valence electrons. The molecule has 3 heterocycles. The molecule has 36 heavy (non-hydrogen) atoms. The predicted molar refractivity (Wildman–Crippen MR) is 134 cm³/mol. The number of nitrogens with one attached hydrogen (secondary N) is 1. The fourth-order valence-electron chi connectivity index (χ4n) is 4.33. The van der Waals surface area contributed by atoms with Crippen LogP contribution in [0.25, 0.3) is 33.5 Å². The molecule has 0 unspecified atom stereocenters. The number of fused-ring (bicyclic) bond motifs is 1.